The number of hydrogen-bond acceptors (Lipinski definition) is 2. The summed E-state index contributed by atoms with van der Waals surface area (Å²) in [5.74, 6) is -0.541. The van der Waals surface area contributed by atoms with E-state index in [2.05, 4.69) is 18.2 Å². The third kappa shape index (κ3) is 2.38. The van der Waals surface area contributed by atoms with E-state index in [9.17, 15) is 9.90 Å². The fourth-order valence-electron chi connectivity index (χ4n) is 2.57. The molecule has 2 aromatic rings. The molecule has 0 bridgehead atoms. The zero-order valence-electron chi connectivity index (χ0n) is 10.3. The van der Waals surface area contributed by atoms with Gasteiger partial charge in [0.2, 0.25) is 0 Å². The molecule has 1 heterocycles. The predicted molar refractivity (Wildman–Crippen MR) is 76.6 cm³/mol. The van der Waals surface area contributed by atoms with E-state index < -0.39 is 5.97 Å². The van der Waals surface area contributed by atoms with Crippen LogP contribution in [0.2, 0.25) is 0 Å². The van der Waals surface area contributed by atoms with Gasteiger partial charge in [0.15, 0.2) is 0 Å². The molecule has 0 saturated carbocycles. The molecule has 1 aliphatic rings. The molecule has 1 N–H and O–H groups in total. The Bertz CT molecular complexity index is 595. The lowest BCUT2D eigenvalue weighted by atomic mass is 9.87. The normalized spacial score (nSPS) is 21.7. The lowest BCUT2D eigenvalue weighted by molar-refractivity contribution is -0.136. The second-order valence-corrected chi connectivity index (χ2v) is 5.93. The van der Waals surface area contributed by atoms with Crippen molar-refractivity contribution >= 4 is 17.7 Å². The van der Waals surface area contributed by atoms with Crippen molar-refractivity contribution < 1.29 is 9.90 Å². The van der Waals surface area contributed by atoms with Gasteiger partial charge in [0.25, 0.3) is 0 Å². The summed E-state index contributed by atoms with van der Waals surface area (Å²) in [7, 11) is 0. The van der Waals surface area contributed by atoms with Crippen LogP contribution in [0.3, 0.4) is 0 Å². The molecule has 3 heteroatoms. The predicted octanol–water partition coefficient (Wildman–Crippen LogP) is 3.77. The van der Waals surface area contributed by atoms with E-state index in [1.54, 1.807) is 0 Å². The number of rotatable bonds is 2. The van der Waals surface area contributed by atoms with Gasteiger partial charge in [0, 0.05) is 10.8 Å². The Morgan fingerprint density at radius 1 is 1.05 bits per heavy atom. The first-order chi connectivity index (χ1) is 9.25. The lowest BCUT2D eigenvalue weighted by Crippen LogP contribution is -2.24. The molecule has 0 aliphatic carbocycles. The number of fused-ring (bicyclic) bond motifs is 1. The smallest absolute Gasteiger partial charge is 0.317 e. The lowest BCUT2D eigenvalue weighted by Gasteiger charge is -2.29. The average Bonchev–Trinajstić information content (AvgIpc) is 2.47. The van der Waals surface area contributed by atoms with Crippen LogP contribution in [0.15, 0.2) is 59.5 Å². The molecule has 0 fully saturated rings. The summed E-state index contributed by atoms with van der Waals surface area (Å²) in [6, 6.07) is 18.3. The Kier molecular flexibility index (Phi) is 3.30. The van der Waals surface area contributed by atoms with E-state index in [-0.39, 0.29) is 11.2 Å². The van der Waals surface area contributed by atoms with Crippen LogP contribution in [0.5, 0.6) is 0 Å². The van der Waals surface area contributed by atoms with Crippen molar-refractivity contribution in [1.82, 2.24) is 0 Å². The third-order valence-corrected chi connectivity index (χ3v) is 4.80. The zero-order valence-corrected chi connectivity index (χ0v) is 11.1. The Balaban J connectivity index is 2.06. The summed E-state index contributed by atoms with van der Waals surface area (Å²) in [6.45, 7) is 0. The maximum absolute atomic E-state index is 11.3. The highest BCUT2D eigenvalue weighted by Gasteiger charge is 2.32. The van der Waals surface area contributed by atoms with Crippen molar-refractivity contribution in [2.24, 2.45) is 0 Å². The van der Waals surface area contributed by atoms with Gasteiger partial charge in [-0.05, 0) is 23.6 Å². The van der Waals surface area contributed by atoms with Gasteiger partial charge in [-0.2, -0.15) is 0 Å². The monoisotopic (exact) mass is 270 g/mol. The molecule has 96 valence electrons. The number of thioether (sulfide) groups is 1. The van der Waals surface area contributed by atoms with E-state index in [4.69, 9.17) is 0 Å². The topological polar surface area (TPSA) is 37.3 Å². The van der Waals surface area contributed by atoms with Crippen LogP contribution < -0.4 is 0 Å². The summed E-state index contributed by atoms with van der Waals surface area (Å²) in [4.78, 5) is 12.4. The van der Waals surface area contributed by atoms with E-state index in [0.29, 0.717) is 6.42 Å². The second kappa shape index (κ2) is 5.10. The number of carboxylic acids is 1. The van der Waals surface area contributed by atoms with Crippen LogP contribution in [0, 0.1) is 0 Å². The summed E-state index contributed by atoms with van der Waals surface area (Å²) < 4.78 is 0. The van der Waals surface area contributed by atoms with Gasteiger partial charge in [-0.1, -0.05) is 48.5 Å². The van der Waals surface area contributed by atoms with E-state index >= 15 is 0 Å². The standard InChI is InChI=1S/C16H14O2S/c17-16(18)15-10-13(11-6-2-1-3-7-11)12-8-4-5-9-14(12)19-15/h1-9,13,15H,10H2,(H,17,18)/t13-,15+/m1/s1. The Morgan fingerprint density at radius 3 is 2.47 bits per heavy atom. The summed E-state index contributed by atoms with van der Waals surface area (Å²) >= 11 is 1.46. The quantitative estimate of drug-likeness (QED) is 0.902. The van der Waals surface area contributed by atoms with Crippen molar-refractivity contribution in [1.29, 1.82) is 0 Å². The minimum atomic E-state index is -0.722. The maximum Gasteiger partial charge on any atom is 0.317 e. The Labute approximate surface area is 116 Å². The molecule has 2 aromatic carbocycles. The molecule has 0 saturated heterocycles. The van der Waals surface area contributed by atoms with E-state index in [1.165, 1.54) is 22.9 Å². The number of carbonyl (C=O) groups is 1. The molecule has 0 aromatic heterocycles. The molecule has 0 amide bonds. The molecule has 2 nitrogen and oxygen atoms in total. The maximum atomic E-state index is 11.3. The van der Waals surface area contributed by atoms with Gasteiger partial charge in [0.05, 0.1) is 0 Å². The minimum Gasteiger partial charge on any atom is -0.480 e. The van der Waals surface area contributed by atoms with Crippen LogP contribution in [0.25, 0.3) is 0 Å². The van der Waals surface area contributed by atoms with Crippen LogP contribution in [0.4, 0.5) is 0 Å². The van der Waals surface area contributed by atoms with Crippen molar-refractivity contribution in [3.8, 4) is 0 Å². The van der Waals surface area contributed by atoms with Gasteiger partial charge in [-0.15, -0.1) is 11.8 Å². The molecule has 0 unspecified atom stereocenters. The molecule has 0 radical (unpaired) electrons. The number of hydrogen-bond donors (Lipinski definition) is 1. The van der Waals surface area contributed by atoms with Crippen molar-refractivity contribution in [2.75, 3.05) is 0 Å². The van der Waals surface area contributed by atoms with Gasteiger partial charge in [0.1, 0.15) is 5.25 Å². The first-order valence-electron chi connectivity index (χ1n) is 6.29. The Morgan fingerprint density at radius 2 is 1.74 bits per heavy atom. The largest absolute Gasteiger partial charge is 0.480 e. The summed E-state index contributed by atoms with van der Waals surface area (Å²) in [5, 5.41) is 8.95. The van der Waals surface area contributed by atoms with Crippen LogP contribution >= 0.6 is 11.8 Å². The SMILES string of the molecule is O=C(O)[C@@H]1C[C@H](c2ccccc2)c2ccccc2S1. The second-order valence-electron chi connectivity index (χ2n) is 4.68. The number of carboxylic acid groups (broad SMARTS) is 1. The van der Waals surface area contributed by atoms with Gasteiger partial charge < -0.3 is 5.11 Å². The molecule has 0 spiro atoms. The molecule has 1 aliphatic heterocycles. The first-order valence-corrected chi connectivity index (χ1v) is 7.17. The first kappa shape index (κ1) is 12.3. The minimum absolute atomic E-state index is 0.180. The molecule has 19 heavy (non-hydrogen) atoms. The number of aliphatic carboxylic acids is 1. The highest BCUT2D eigenvalue weighted by Crippen LogP contribution is 2.44. The van der Waals surface area contributed by atoms with Crippen LogP contribution in [-0.4, -0.2) is 16.3 Å². The highest BCUT2D eigenvalue weighted by molar-refractivity contribution is 8.00. The van der Waals surface area contributed by atoms with Crippen molar-refractivity contribution in [3.05, 3.63) is 65.7 Å². The van der Waals surface area contributed by atoms with E-state index in [1.807, 2.05) is 36.4 Å². The fraction of sp³-hybridized carbons (Fsp3) is 0.188. The average molecular weight is 270 g/mol. The molecular formula is C16H14O2S. The van der Waals surface area contributed by atoms with Gasteiger partial charge >= 0.3 is 5.97 Å². The van der Waals surface area contributed by atoms with Crippen molar-refractivity contribution in [2.45, 2.75) is 22.5 Å². The Hall–Kier alpha value is -1.74. The molecular weight excluding hydrogens is 256 g/mol. The fourth-order valence-corrected chi connectivity index (χ4v) is 3.77. The van der Waals surface area contributed by atoms with Gasteiger partial charge in [-0.25, -0.2) is 0 Å². The van der Waals surface area contributed by atoms with Crippen molar-refractivity contribution in [3.63, 3.8) is 0 Å². The number of benzene rings is 2. The van der Waals surface area contributed by atoms with Crippen LogP contribution in [-0.2, 0) is 4.79 Å². The highest BCUT2D eigenvalue weighted by atomic mass is 32.2. The molecule has 3 rings (SSSR count). The zero-order chi connectivity index (χ0) is 13.2. The van der Waals surface area contributed by atoms with Crippen LogP contribution in [0.1, 0.15) is 23.5 Å². The van der Waals surface area contributed by atoms with Gasteiger partial charge in [-0.3, -0.25) is 4.79 Å². The third-order valence-electron chi connectivity index (χ3n) is 3.49. The summed E-state index contributed by atoms with van der Waals surface area (Å²) in [5.41, 5.74) is 2.44. The van der Waals surface area contributed by atoms with E-state index in [0.717, 1.165) is 4.90 Å². The molecule has 2 atom stereocenters. The summed E-state index contributed by atoms with van der Waals surface area (Å²) in [6.07, 6.45) is 0.654.